The summed E-state index contributed by atoms with van der Waals surface area (Å²) in [6.07, 6.45) is 4.47. The van der Waals surface area contributed by atoms with Crippen LogP contribution < -0.4 is 5.32 Å². The molecule has 1 fully saturated rings. The van der Waals surface area contributed by atoms with Crippen molar-refractivity contribution in [1.29, 1.82) is 0 Å². The Morgan fingerprint density at radius 1 is 1.19 bits per heavy atom. The van der Waals surface area contributed by atoms with E-state index >= 15 is 0 Å². The monoisotopic (exact) mass is 300 g/mol. The minimum Gasteiger partial charge on any atom is -0.324 e. The average Bonchev–Trinajstić information content (AvgIpc) is 2.96. The first-order chi connectivity index (χ1) is 10.2. The molecule has 1 saturated heterocycles. The van der Waals surface area contributed by atoms with Crippen LogP contribution in [0.3, 0.4) is 0 Å². The van der Waals surface area contributed by atoms with E-state index < -0.39 is 0 Å². The van der Waals surface area contributed by atoms with Crippen molar-refractivity contribution in [3.63, 3.8) is 0 Å². The Hall–Kier alpha value is -1.59. The molecular formula is C16H20N4S. The maximum atomic E-state index is 4.46. The van der Waals surface area contributed by atoms with Crippen molar-refractivity contribution < 1.29 is 0 Å². The smallest absolute Gasteiger partial charge is 0.227 e. The van der Waals surface area contributed by atoms with E-state index in [4.69, 9.17) is 0 Å². The molecule has 4 nitrogen and oxygen atoms in total. The average molecular weight is 300 g/mol. The highest BCUT2D eigenvalue weighted by molar-refractivity contribution is 7.97. The first-order valence-electron chi connectivity index (χ1n) is 7.31. The molecule has 110 valence electrons. The Morgan fingerprint density at radius 2 is 2.00 bits per heavy atom. The summed E-state index contributed by atoms with van der Waals surface area (Å²) in [5.74, 6) is 0.654. The van der Waals surface area contributed by atoms with Gasteiger partial charge < -0.3 is 5.32 Å². The summed E-state index contributed by atoms with van der Waals surface area (Å²) in [5, 5.41) is 3.28. The number of nitrogens with one attached hydrogen (secondary N) is 1. The fourth-order valence-corrected chi connectivity index (χ4v) is 3.33. The second-order valence-electron chi connectivity index (χ2n) is 5.34. The van der Waals surface area contributed by atoms with Crippen LogP contribution in [-0.4, -0.2) is 27.4 Å². The third-order valence-corrected chi connectivity index (χ3v) is 4.70. The fraction of sp³-hybridized carbons (Fsp3) is 0.375. The molecule has 1 aliphatic rings. The van der Waals surface area contributed by atoms with Crippen LogP contribution in [-0.2, 0) is 0 Å². The van der Waals surface area contributed by atoms with Crippen LogP contribution >= 0.6 is 11.9 Å². The molecule has 0 aliphatic carbocycles. The van der Waals surface area contributed by atoms with Crippen LogP contribution in [0.2, 0.25) is 0 Å². The second kappa shape index (κ2) is 6.45. The molecule has 0 spiro atoms. The summed E-state index contributed by atoms with van der Waals surface area (Å²) >= 11 is 1.83. The molecule has 1 aliphatic heterocycles. The number of anilines is 2. The number of hydrogen-bond acceptors (Lipinski definition) is 5. The van der Waals surface area contributed by atoms with E-state index in [0.717, 1.165) is 16.9 Å². The van der Waals surface area contributed by atoms with Gasteiger partial charge in [0.05, 0.1) is 0 Å². The van der Waals surface area contributed by atoms with Gasteiger partial charge in [-0.2, -0.15) is 0 Å². The predicted molar refractivity (Wildman–Crippen MR) is 87.9 cm³/mol. The van der Waals surface area contributed by atoms with E-state index in [1.165, 1.54) is 30.8 Å². The highest BCUT2D eigenvalue weighted by atomic mass is 32.2. The van der Waals surface area contributed by atoms with Gasteiger partial charge in [-0.05, 0) is 62.4 Å². The zero-order chi connectivity index (χ0) is 14.7. The van der Waals surface area contributed by atoms with Crippen LogP contribution in [0.5, 0.6) is 0 Å². The molecule has 1 aromatic carbocycles. The molecule has 0 atom stereocenters. The zero-order valence-corrected chi connectivity index (χ0v) is 13.3. The van der Waals surface area contributed by atoms with E-state index in [-0.39, 0.29) is 0 Å². The van der Waals surface area contributed by atoms with Crippen LogP contribution in [0.1, 0.15) is 24.1 Å². The van der Waals surface area contributed by atoms with Crippen molar-refractivity contribution in [3.05, 3.63) is 41.7 Å². The van der Waals surface area contributed by atoms with E-state index in [0.29, 0.717) is 5.95 Å². The van der Waals surface area contributed by atoms with Gasteiger partial charge in [0, 0.05) is 35.6 Å². The number of nitrogens with zero attached hydrogens (tertiary/aromatic N) is 3. The molecule has 0 radical (unpaired) electrons. The molecule has 0 amide bonds. The minimum absolute atomic E-state index is 0.654. The van der Waals surface area contributed by atoms with Crippen molar-refractivity contribution >= 4 is 23.6 Å². The largest absolute Gasteiger partial charge is 0.324 e. The first-order valence-corrected chi connectivity index (χ1v) is 8.08. The van der Waals surface area contributed by atoms with Crippen LogP contribution in [0.15, 0.2) is 35.4 Å². The van der Waals surface area contributed by atoms with E-state index in [1.807, 2.05) is 38.1 Å². The van der Waals surface area contributed by atoms with Crippen molar-refractivity contribution in [1.82, 2.24) is 14.3 Å². The van der Waals surface area contributed by atoms with Gasteiger partial charge >= 0.3 is 0 Å². The topological polar surface area (TPSA) is 41.1 Å². The molecule has 2 aromatic rings. The van der Waals surface area contributed by atoms with Gasteiger partial charge in [0.25, 0.3) is 0 Å². The molecule has 0 unspecified atom stereocenters. The van der Waals surface area contributed by atoms with Crippen LogP contribution in [0.4, 0.5) is 11.6 Å². The summed E-state index contributed by atoms with van der Waals surface area (Å²) in [4.78, 5) is 10.0. The summed E-state index contributed by atoms with van der Waals surface area (Å²) in [7, 11) is 0. The molecular weight excluding hydrogens is 280 g/mol. The van der Waals surface area contributed by atoms with Crippen LogP contribution in [0.25, 0.3) is 0 Å². The van der Waals surface area contributed by atoms with Gasteiger partial charge in [-0.3, -0.25) is 0 Å². The summed E-state index contributed by atoms with van der Waals surface area (Å²) in [6, 6.07) is 8.42. The van der Waals surface area contributed by atoms with Crippen molar-refractivity contribution in [2.75, 3.05) is 18.4 Å². The Morgan fingerprint density at radius 3 is 2.76 bits per heavy atom. The number of aryl methyl sites for hydroxylation is 2. The first kappa shape index (κ1) is 14.4. The SMILES string of the molecule is Cc1cnc(Nc2cccc(SN3CCCC3)c2)nc1C. The molecule has 0 saturated carbocycles. The van der Waals surface area contributed by atoms with Gasteiger partial charge in [-0.1, -0.05) is 6.07 Å². The number of benzene rings is 1. The summed E-state index contributed by atoms with van der Waals surface area (Å²) in [5.41, 5.74) is 3.15. The molecule has 0 bridgehead atoms. The third-order valence-electron chi connectivity index (χ3n) is 3.61. The molecule has 21 heavy (non-hydrogen) atoms. The van der Waals surface area contributed by atoms with Crippen molar-refractivity contribution in [2.24, 2.45) is 0 Å². The number of hydrogen-bond donors (Lipinski definition) is 1. The highest BCUT2D eigenvalue weighted by Crippen LogP contribution is 2.28. The number of aromatic nitrogens is 2. The molecule has 3 rings (SSSR count). The summed E-state index contributed by atoms with van der Waals surface area (Å²) in [6.45, 7) is 6.39. The van der Waals surface area contributed by atoms with Gasteiger partial charge in [-0.15, -0.1) is 0 Å². The predicted octanol–water partition coefficient (Wildman–Crippen LogP) is 3.94. The summed E-state index contributed by atoms with van der Waals surface area (Å²) < 4.78 is 2.42. The molecule has 1 N–H and O–H groups in total. The molecule has 2 heterocycles. The maximum Gasteiger partial charge on any atom is 0.227 e. The Kier molecular flexibility index (Phi) is 4.41. The second-order valence-corrected chi connectivity index (χ2v) is 6.51. The Labute approximate surface area is 130 Å². The zero-order valence-electron chi connectivity index (χ0n) is 12.5. The third kappa shape index (κ3) is 3.74. The van der Waals surface area contributed by atoms with Crippen LogP contribution in [0, 0.1) is 13.8 Å². The standard InChI is InChI=1S/C16H20N4S/c1-12-11-17-16(18-13(12)2)19-14-6-5-7-15(10-14)21-20-8-3-4-9-20/h5-7,10-11H,3-4,8-9H2,1-2H3,(H,17,18,19). The highest BCUT2D eigenvalue weighted by Gasteiger charge is 2.12. The minimum atomic E-state index is 0.654. The lowest BCUT2D eigenvalue weighted by atomic mass is 10.3. The Balaban J connectivity index is 1.71. The van der Waals surface area contributed by atoms with E-state index in [9.17, 15) is 0 Å². The lowest BCUT2D eigenvalue weighted by molar-refractivity contribution is 0.586. The number of rotatable bonds is 4. The van der Waals surface area contributed by atoms with Gasteiger partial charge in [0.2, 0.25) is 5.95 Å². The lowest BCUT2D eigenvalue weighted by Gasteiger charge is -2.14. The normalized spacial score (nSPS) is 15.3. The quantitative estimate of drug-likeness (QED) is 0.866. The van der Waals surface area contributed by atoms with Gasteiger partial charge in [0.15, 0.2) is 0 Å². The van der Waals surface area contributed by atoms with Gasteiger partial charge in [-0.25, -0.2) is 14.3 Å². The fourth-order valence-electron chi connectivity index (χ4n) is 2.28. The van der Waals surface area contributed by atoms with E-state index in [1.54, 1.807) is 0 Å². The van der Waals surface area contributed by atoms with Gasteiger partial charge in [0.1, 0.15) is 0 Å². The lowest BCUT2D eigenvalue weighted by Crippen LogP contribution is -2.08. The molecule has 1 aromatic heterocycles. The van der Waals surface area contributed by atoms with Crippen molar-refractivity contribution in [3.8, 4) is 0 Å². The van der Waals surface area contributed by atoms with Crippen molar-refractivity contribution in [2.45, 2.75) is 31.6 Å². The molecule has 5 heteroatoms. The Bertz CT molecular complexity index is 623. The maximum absolute atomic E-state index is 4.46. The van der Waals surface area contributed by atoms with E-state index in [2.05, 4.69) is 37.8 Å².